The minimum atomic E-state index is -0.331. The van der Waals surface area contributed by atoms with Crippen LogP contribution in [-0.4, -0.2) is 23.5 Å². The van der Waals surface area contributed by atoms with Crippen LogP contribution in [0, 0.1) is 0 Å². The Bertz CT molecular complexity index is 559. The van der Waals surface area contributed by atoms with Crippen LogP contribution in [-0.2, 0) is 11.3 Å². The van der Waals surface area contributed by atoms with E-state index in [0.717, 1.165) is 15.7 Å². The Labute approximate surface area is 125 Å². The molecular weight excluding hydrogens is 330 g/mol. The zero-order valence-electron chi connectivity index (χ0n) is 10.5. The van der Waals surface area contributed by atoms with Crippen LogP contribution in [0.5, 0.6) is 0 Å². The summed E-state index contributed by atoms with van der Waals surface area (Å²) in [5.74, 6) is 0. The van der Waals surface area contributed by atoms with Crippen molar-refractivity contribution in [3.8, 4) is 0 Å². The molecule has 0 spiro atoms. The largest absolute Gasteiger partial charge is 0.383 e. The Hall–Kier alpha value is -0.880. The number of methoxy groups -OCH3 is 1. The maximum absolute atomic E-state index is 6.32. The van der Waals surface area contributed by atoms with Crippen molar-refractivity contribution in [2.45, 2.75) is 12.6 Å². The maximum atomic E-state index is 6.32. The lowest BCUT2D eigenvalue weighted by Gasteiger charge is -2.16. The molecule has 0 saturated carbocycles. The van der Waals surface area contributed by atoms with Gasteiger partial charge in [0.2, 0.25) is 0 Å². The summed E-state index contributed by atoms with van der Waals surface area (Å²) in [6.45, 7) is 1.23. The van der Waals surface area contributed by atoms with Gasteiger partial charge >= 0.3 is 0 Å². The molecule has 0 aliphatic rings. The number of halogens is 2. The van der Waals surface area contributed by atoms with Crippen molar-refractivity contribution in [2.24, 2.45) is 5.73 Å². The lowest BCUT2D eigenvalue weighted by Crippen LogP contribution is -2.19. The van der Waals surface area contributed by atoms with Gasteiger partial charge in [-0.2, -0.15) is 5.10 Å². The summed E-state index contributed by atoms with van der Waals surface area (Å²) in [5.41, 5.74) is 8.09. The van der Waals surface area contributed by atoms with Gasteiger partial charge in [-0.3, -0.25) is 4.68 Å². The number of benzene rings is 1. The number of rotatable bonds is 5. The van der Waals surface area contributed by atoms with E-state index >= 15 is 0 Å². The third-order valence-corrected chi connectivity index (χ3v) is 3.83. The van der Waals surface area contributed by atoms with Crippen molar-refractivity contribution < 1.29 is 4.74 Å². The van der Waals surface area contributed by atoms with E-state index in [4.69, 9.17) is 22.1 Å². The molecule has 0 aliphatic heterocycles. The summed E-state index contributed by atoms with van der Waals surface area (Å²) in [7, 11) is 1.66. The molecular formula is C13H15BrClN3O. The number of hydrogen-bond acceptors (Lipinski definition) is 3. The zero-order chi connectivity index (χ0) is 13.8. The van der Waals surface area contributed by atoms with Crippen molar-refractivity contribution in [1.29, 1.82) is 0 Å². The molecule has 6 heteroatoms. The first-order chi connectivity index (χ1) is 9.15. The maximum Gasteiger partial charge on any atom is 0.0749 e. The highest BCUT2D eigenvalue weighted by atomic mass is 79.9. The van der Waals surface area contributed by atoms with E-state index in [-0.39, 0.29) is 6.04 Å². The van der Waals surface area contributed by atoms with Gasteiger partial charge in [0.15, 0.2) is 0 Å². The molecule has 102 valence electrons. The third kappa shape index (κ3) is 3.17. The minimum Gasteiger partial charge on any atom is -0.383 e. The Morgan fingerprint density at radius 2 is 2.21 bits per heavy atom. The summed E-state index contributed by atoms with van der Waals surface area (Å²) in [6.07, 6.45) is 1.74. The molecule has 0 aliphatic carbocycles. The molecule has 1 heterocycles. The highest BCUT2D eigenvalue weighted by Crippen LogP contribution is 2.30. The van der Waals surface area contributed by atoms with E-state index in [1.54, 1.807) is 13.3 Å². The molecule has 0 saturated heterocycles. The average Bonchev–Trinajstić information content (AvgIpc) is 2.77. The molecule has 0 amide bonds. The first kappa shape index (κ1) is 14.5. The molecule has 2 N–H and O–H groups in total. The summed E-state index contributed by atoms with van der Waals surface area (Å²) in [5, 5.41) is 4.95. The van der Waals surface area contributed by atoms with E-state index in [1.807, 2.05) is 28.9 Å². The van der Waals surface area contributed by atoms with Crippen molar-refractivity contribution in [2.75, 3.05) is 13.7 Å². The van der Waals surface area contributed by atoms with Gasteiger partial charge in [0.05, 0.1) is 35.6 Å². The van der Waals surface area contributed by atoms with Gasteiger partial charge in [0, 0.05) is 12.1 Å². The second kappa shape index (κ2) is 6.52. The van der Waals surface area contributed by atoms with Crippen LogP contribution >= 0.6 is 27.5 Å². The monoisotopic (exact) mass is 343 g/mol. The molecule has 1 aromatic heterocycles. The Balaban J connectivity index is 2.35. The molecule has 2 aromatic rings. The van der Waals surface area contributed by atoms with Crippen LogP contribution < -0.4 is 5.73 Å². The molecule has 4 nitrogen and oxygen atoms in total. The molecule has 2 rings (SSSR count). The molecule has 0 fully saturated rings. The quantitative estimate of drug-likeness (QED) is 0.907. The summed E-state index contributed by atoms with van der Waals surface area (Å²) >= 11 is 9.68. The van der Waals surface area contributed by atoms with Gasteiger partial charge in [-0.05, 0) is 27.6 Å². The standard InChI is InChI=1S/C13H15BrClN3O/c1-19-7-6-18-13(10(14)8-17-18)12(16)9-4-2-3-5-11(9)15/h2-5,8,12H,6-7,16H2,1H3. The second-order valence-electron chi connectivity index (χ2n) is 4.09. The van der Waals surface area contributed by atoms with Crippen molar-refractivity contribution >= 4 is 27.5 Å². The van der Waals surface area contributed by atoms with Crippen LogP contribution in [0.1, 0.15) is 17.3 Å². The molecule has 1 aromatic carbocycles. The fourth-order valence-corrected chi connectivity index (χ4v) is 2.71. The van der Waals surface area contributed by atoms with Crippen LogP contribution in [0.15, 0.2) is 34.9 Å². The van der Waals surface area contributed by atoms with Gasteiger partial charge in [-0.25, -0.2) is 0 Å². The topological polar surface area (TPSA) is 53.1 Å². The van der Waals surface area contributed by atoms with Gasteiger partial charge < -0.3 is 10.5 Å². The second-order valence-corrected chi connectivity index (χ2v) is 5.35. The Kier molecular flexibility index (Phi) is 4.99. The minimum absolute atomic E-state index is 0.331. The predicted molar refractivity (Wildman–Crippen MR) is 79.3 cm³/mol. The molecule has 1 atom stereocenters. The average molecular weight is 345 g/mol. The van der Waals surface area contributed by atoms with Crippen molar-refractivity contribution in [3.05, 3.63) is 51.2 Å². The van der Waals surface area contributed by atoms with Crippen LogP contribution in [0.3, 0.4) is 0 Å². The number of ether oxygens (including phenoxy) is 1. The fourth-order valence-electron chi connectivity index (χ4n) is 1.91. The van der Waals surface area contributed by atoms with E-state index in [1.165, 1.54) is 0 Å². The number of hydrogen-bond donors (Lipinski definition) is 1. The number of nitrogens with two attached hydrogens (primary N) is 1. The highest BCUT2D eigenvalue weighted by Gasteiger charge is 2.20. The summed E-state index contributed by atoms with van der Waals surface area (Å²) < 4.78 is 7.78. The third-order valence-electron chi connectivity index (χ3n) is 2.88. The normalized spacial score (nSPS) is 12.6. The van der Waals surface area contributed by atoms with Gasteiger partial charge in [-0.1, -0.05) is 29.8 Å². The van der Waals surface area contributed by atoms with Crippen LogP contribution in [0.4, 0.5) is 0 Å². The van der Waals surface area contributed by atoms with Crippen LogP contribution in [0.2, 0.25) is 5.02 Å². The number of aromatic nitrogens is 2. The zero-order valence-corrected chi connectivity index (χ0v) is 12.9. The number of nitrogens with zero attached hydrogens (tertiary/aromatic N) is 2. The molecule has 1 unspecified atom stereocenters. The summed E-state index contributed by atoms with van der Waals surface area (Å²) in [6, 6.07) is 7.23. The lowest BCUT2D eigenvalue weighted by atomic mass is 10.0. The Morgan fingerprint density at radius 3 is 2.89 bits per heavy atom. The van der Waals surface area contributed by atoms with Gasteiger partial charge in [-0.15, -0.1) is 0 Å². The van der Waals surface area contributed by atoms with Crippen molar-refractivity contribution in [1.82, 2.24) is 9.78 Å². The smallest absolute Gasteiger partial charge is 0.0749 e. The van der Waals surface area contributed by atoms with E-state index in [9.17, 15) is 0 Å². The van der Waals surface area contributed by atoms with Crippen molar-refractivity contribution in [3.63, 3.8) is 0 Å². The Morgan fingerprint density at radius 1 is 1.47 bits per heavy atom. The molecule has 19 heavy (non-hydrogen) atoms. The summed E-state index contributed by atoms with van der Waals surface area (Å²) in [4.78, 5) is 0. The van der Waals surface area contributed by atoms with Crippen LogP contribution in [0.25, 0.3) is 0 Å². The van der Waals surface area contributed by atoms with E-state index < -0.39 is 0 Å². The first-order valence-corrected chi connectivity index (χ1v) is 7.02. The SMILES string of the molecule is COCCn1ncc(Br)c1C(N)c1ccccc1Cl. The fraction of sp³-hybridized carbons (Fsp3) is 0.308. The van der Waals surface area contributed by atoms with Gasteiger partial charge in [0.25, 0.3) is 0 Å². The lowest BCUT2D eigenvalue weighted by molar-refractivity contribution is 0.182. The first-order valence-electron chi connectivity index (χ1n) is 5.85. The van der Waals surface area contributed by atoms with E-state index in [2.05, 4.69) is 21.0 Å². The van der Waals surface area contributed by atoms with E-state index in [0.29, 0.717) is 18.2 Å². The van der Waals surface area contributed by atoms with Gasteiger partial charge in [0.1, 0.15) is 0 Å². The molecule has 0 bridgehead atoms. The molecule has 0 radical (unpaired) electrons. The predicted octanol–water partition coefficient (Wildman–Crippen LogP) is 2.99. The highest BCUT2D eigenvalue weighted by molar-refractivity contribution is 9.10.